The fraction of sp³-hybridized carbons (Fsp3) is 0.412. The van der Waals surface area contributed by atoms with Crippen LogP contribution in [0.4, 0.5) is 4.79 Å². The number of rotatable bonds is 7. The molecule has 0 radical (unpaired) electrons. The van der Waals surface area contributed by atoms with Crippen molar-refractivity contribution in [2.45, 2.75) is 32.9 Å². The maximum absolute atomic E-state index is 11.9. The monoisotopic (exact) mass is 345 g/mol. The molecule has 0 bridgehead atoms. The molecular formula is C17H23N5O3. The molecule has 8 heteroatoms. The zero-order chi connectivity index (χ0) is 18.7. The fourth-order valence-electron chi connectivity index (χ4n) is 1.65. The number of nitrogens with one attached hydrogen (secondary N) is 3. The van der Waals surface area contributed by atoms with Crippen molar-refractivity contribution in [1.82, 2.24) is 20.9 Å². The predicted molar refractivity (Wildman–Crippen MR) is 92.0 cm³/mol. The van der Waals surface area contributed by atoms with E-state index in [1.54, 1.807) is 39.2 Å². The minimum atomic E-state index is -0.558. The molecule has 1 rings (SSSR count). The summed E-state index contributed by atoms with van der Waals surface area (Å²) < 4.78 is 5.08. The van der Waals surface area contributed by atoms with Gasteiger partial charge in [0.25, 0.3) is 5.91 Å². The first-order chi connectivity index (χ1) is 11.8. The van der Waals surface area contributed by atoms with Crippen LogP contribution in [-0.4, -0.2) is 35.7 Å². The number of amides is 2. The molecule has 0 atom stereocenters. The number of alkyl carbamates (subject to hydrolysis) is 1. The average molecular weight is 345 g/mol. The summed E-state index contributed by atoms with van der Waals surface area (Å²) in [5.41, 5.74) is 0.224. The predicted octanol–water partition coefficient (Wildman–Crippen LogP) is 1.22. The minimum Gasteiger partial charge on any atom is -0.444 e. The molecular weight excluding hydrogens is 322 g/mol. The molecule has 0 unspecified atom stereocenters. The Labute approximate surface area is 147 Å². The molecule has 1 heterocycles. The van der Waals surface area contributed by atoms with Crippen LogP contribution < -0.4 is 16.0 Å². The number of hydrogen-bond donors (Lipinski definition) is 3. The summed E-state index contributed by atoms with van der Waals surface area (Å²) in [6, 6.07) is 5.42. The summed E-state index contributed by atoms with van der Waals surface area (Å²) in [6.45, 7) is 6.25. The second-order valence-corrected chi connectivity index (χ2v) is 6.10. The van der Waals surface area contributed by atoms with Crippen molar-refractivity contribution >= 4 is 12.0 Å². The van der Waals surface area contributed by atoms with E-state index in [4.69, 9.17) is 10.00 Å². The third kappa shape index (κ3) is 8.95. The number of ether oxygens (including phenoxy) is 1. The van der Waals surface area contributed by atoms with Crippen LogP contribution in [0.2, 0.25) is 0 Å². The largest absolute Gasteiger partial charge is 0.444 e. The molecule has 0 spiro atoms. The molecule has 0 aromatic carbocycles. The van der Waals surface area contributed by atoms with Crippen LogP contribution in [0, 0.1) is 11.3 Å². The zero-order valence-electron chi connectivity index (χ0n) is 14.6. The second-order valence-electron chi connectivity index (χ2n) is 6.10. The van der Waals surface area contributed by atoms with Crippen LogP contribution in [0.15, 0.2) is 36.3 Å². The van der Waals surface area contributed by atoms with E-state index < -0.39 is 17.6 Å². The Morgan fingerprint density at radius 1 is 1.32 bits per heavy atom. The normalized spacial score (nSPS) is 11.2. The first-order valence-electron chi connectivity index (χ1n) is 7.79. The lowest BCUT2D eigenvalue weighted by molar-refractivity contribution is -0.117. The molecule has 0 aliphatic heterocycles. The van der Waals surface area contributed by atoms with Gasteiger partial charge >= 0.3 is 6.09 Å². The van der Waals surface area contributed by atoms with Gasteiger partial charge in [0.05, 0.1) is 0 Å². The maximum Gasteiger partial charge on any atom is 0.407 e. The van der Waals surface area contributed by atoms with Crippen molar-refractivity contribution in [3.8, 4) is 6.07 Å². The van der Waals surface area contributed by atoms with Gasteiger partial charge in [0.1, 0.15) is 17.2 Å². The summed E-state index contributed by atoms with van der Waals surface area (Å²) in [5, 5.41) is 17.0. The number of hydrogen-bond acceptors (Lipinski definition) is 6. The van der Waals surface area contributed by atoms with Crippen LogP contribution >= 0.6 is 0 Å². The number of nitrogens with zero attached hydrogens (tertiary/aromatic N) is 2. The molecule has 25 heavy (non-hydrogen) atoms. The van der Waals surface area contributed by atoms with E-state index >= 15 is 0 Å². The van der Waals surface area contributed by atoms with Crippen molar-refractivity contribution in [2.75, 3.05) is 13.1 Å². The van der Waals surface area contributed by atoms with Gasteiger partial charge in [0.15, 0.2) is 0 Å². The average Bonchev–Trinajstić information content (AvgIpc) is 2.55. The van der Waals surface area contributed by atoms with Gasteiger partial charge in [-0.25, -0.2) is 4.79 Å². The van der Waals surface area contributed by atoms with Crippen molar-refractivity contribution in [1.29, 1.82) is 5.26 Å². The fourth-order valence-corrected chi connectivity index (χ4v) is 1.65. The first kappa shape index (κ1) is 20.0. The Balaban J connectivity index is 2.32. The summed E-state index contributed by atoms with van der Waals surface area (Å²) >= 11 is 0. The Kier molecular flexibility index (Phi) is 7.93. The molecule has 0 aliphatic rings. The van der Waals surface area contributed by atoms with E-state index in [2.05, 4.69) is 20.9 Å². The third-order valence-electron chi connectivity index (χ3n) is 2.72. The molecule has 8 nitrogen and oxygen atoms in total. The van der Waals surface area contributed by atoms with Gasteiger partial charge in [-0.1, -0.05) is 6.07 Å². The minimum absolute atomic E-state index is 0.0545. The Morgan fingerprint density at radius 3 is 2.68 bits per heavy atom. The van der Waals surface area contributed by atoms with Crippen molar-refractivity contribution in [3.63, 3.8) is 0 Å². The number of carbonyl (C=O) groups excluding carboxylic acids is 2. The first-order valence-corrected chi connectivity index (χ1v) is 7.79. The van der Waals surface area contributed by atoms with Gasteiger partial charge in [-0.3, -0.25) is 9.78 Å². The summed E-state index contributed by atoms with van der Waals surface area (Å²) in [6.07, 6.45) is 4.07. The smallest absolute Gasteiger partial charge is 0.407 e. The molecule has 0 saturated carbocycles. The number of nitriles is 1. The van der Waals surface area contributed by atoms with Crippen molar-refractivity contribution in [3.05, 3.63) is 41.9 Å². The van der Waals surface area contributed by atoms with Gasteiger partial charge in [0, 0.05) is 38.2 Å². The molecule has 2 amide bonds. The van der Waals surface area contributed by atoms with Gasteiger partial charge in [-0.2, -0.15) is 5.26 Å². The van der Waals surface area contributed by atoms with Crippen LogP contribution in [0.5, 0.6) is 0 Å². The Morgan fingerprint density at radius 2 is 2.08 bits per heavy atom. The summed E-state index contributed by atoms with van der Waals surface area (Å²) in [7, 11) is 0. The zero-order valence-corrected chi connectivity index (χ0v) is 14.6. The standard InChI is InChI=1S/C17H23N5O3/c1-17(2,3)25-16(24)21-8-7-20-12-14(9-18)15(23)22-11-13-5-4-6-19-10-13/h4-6,10,12,20H,7-8,11H2,1-3H3,(H,21,24)(H,22,23)/b14-12-. The molecule has 1 aromatic heterocycles. The van der Waals surface area contributed by atoms with E-state index in [1.807, 2.05) is 12.1 Å². The van der Waals surface area contributed by atoms with Crippen LogP contribution in [0.3, 0.4) is 0 Å². The molecule has 134 valence electrons. The Bertz CT molecular complexity index is 644. The third-order valence-corrected chi connectivity index (χ3v) is 2.72. The second kappa shape index (κ2) is 9.93. The van der Waals surface area contributed by atoms with Crippen molar-refractivity contribution in [2.24, 2.45) is 0 Å². The highest BCUT2D eigenvalue weighted by Gasteiger charge is 2.15. The van der Waals surface area contributed by atoms with Crippen LogP contribution in [0.25, 0.3) is 0 Å². The lowest BCUT2D eigenvalue weighted by Crippen LogP contribution is -2.35. The highest BCUT2D eigenvalue weighted by Crippen LogP contribution is 2.06. The van der Waals surface area contributed by atoms with Crippen molar-refractivity contribution < 1.29 is 14.3 Å². The summed E-state index contributed by atoms with van der Waals surface area (Å²) in [4.78, 5) is 27.3. The Hall–Kier alpha value is -3.08. The number of carbonyl (C=O) groups is 2. The lowest BCUT2D eigenvalue weighted by Gasteiger charge is -2.19. The number of pyridine rings is 1. The van der Waals surface area contributed by atoms with E-state index in [-0.39, 0.29) is 12.1 Å². The van der Waals surface area contributed by atoms with Gasteiger partial charge < -0.3 is 20.7 Å². The number of aromatic nitrogens is 1. The highest BCUT2D eigenvalue weighted by molar-refractivity contribution is 5.97. The summed E-state index contributed by atoms with van der Waals surface area (Å²) in [5.74, 6) is -0.487. The molecule has 3 N–H and O–H groups in total. The SMILES string of the molecule is CC(C)(C)OC(=O)NCCN/C=C(/C#N)C(=O)NCc1cccnc1. The van der Waals surface area contributed by atoms with Gasteiger partial charge in [0.2, 0.25) is 0 Å². The van der Waals surface area contributed by atoms with Gasteiger partial charge in [-0.05, 0) is 32.4 Å². The van der Waals surface area contributed by atoms with Crippen LogP contribution in [0.1, 0.15) is 26.3 Å². The highest BCUT2D eigenvalue weighted by atomic mass is 16.6. The topological polar surface area (TPSA) is 116 Å². The molecule has 1 aromatic rings. The van der Waals surface area contributed by atoms with E-state index in [1.165, 1.54) is 6.20 Å². The lowest BCUT2D eigenvalue weighted by atomic mass is 10.2. The van der Waals surface area contributed by atoms with Gasteiger partial charge in [-0.15, -0.1) is 0 Å². The van der Waals surface area contributed by atoms with Crippen LogP contribution in [-0.2, 0) is 16.1 Å². The maximum atomic E-state index is 11.9. The molecule has 0 fully saturated rings. The van der Waals surface area contributed by atoms with E-state index in [9.17, 15) is 9.59 Å². The molecule has 0 aliphatic carbocycles. The van der Waals surface area contributed by atoms with E-state index in [0.717, 1.165) is 5.56 Å². The quantitative estimate of drug-likeness (QED) is 0.389. The molecule has 0 saturated heterocycles. The van der Waals surface area contributed by atoms with E-state index in [0.29, 0.717) is 13.1 Å².